The molecule has 0 aliphatic carbocycles. The highest BCUT2D eigenvalue weighted by Crippen LogP contribution is 2.26. The summed E-state index contributed by atoms with van der Waals surface area (Å²) in [5.74, 6) is -1.19. The number of hydrogen-bond acceptors (Lipinski definition) is 5. The number of hydrogen-bond donors (Lipinski definition) is 2. The first-order valence-electron chi connectivity index (χ1n) is 8.16. The van der Waals surface area contributed by atoms with Crippen LogP contribution in [0, 0.1) is 11.6 Å². The SMILES string of the molecule is CCOc1ccccc1Nc1ccc(C(=O)Nc2ccc(F)cc2F)nn1. The zero-order valence-electron chi connectivity index (χ0n) is 14.4. The van der Waals surface area contributed by atoms with Gasteiger partial charge < -0.3 is 15.4 Å². The lowest BCUT2D eigenvalue weighted by molar-refractivity contribution is 0.102. The predicted octanol–water partition coefficient (Wildman–Crippen LogP) is 4.15. The lowest BCUT2D eigenvalue weighted by atomic mass is 10.2. The molecule has 0 saturated heterocycles. The standard InChI is InChI=1S/C19H16F2N4O2/c1-2-27-17-6-4-3-5-15(17)22-18-10-9-16(24-25-18)19(26)23-14-8-7-12(20)11-13(14)21/h3-11H,2H2,1H3,(H,22,25)(H,23,26). The van der Waals surface area contributed by atoms with E-state index in [1.54, 1.807) is 6.07 Å². The molecule has 0 radical (unpaired) electrons. The summed E-state index contributed by atoms with van der Waals surface area (Å²) < 4.78 is 32.1. The number of ether oxygens (including phenoxy) is 1. The van der Waals surface area contributed by atoms with E-state index in [1.807, 2.05) is 31.2 Å². The van der Waals surface area contributed by atoms with Crippen LogP contribution in [0.4, 0.5) is 26.0 Å². The van der Waals surface area contributed by atoms with Gasteiger partial charge in [-0.15, -0.1) is 10.2 Å². The Balaban J connectivity index is 1.71. The number of aromatic nitrogens is 2. The van der Waals surface area contributed by atoms with Crippen LogP contribution < -0.4 is 15.4 Å². The van der Waals surface area contributed by atoms with Crippen LogP contribution in [-0.4, -0.2) is 22.7 Å². The summed E-state index contributed by atoms with van der Waals surface area (Å²) in [5.41, 5.74) is 0.553. The molecule has 0 aliphatic heterocycles. The van der Waals surface area contributed by atoms with Gasteiger partial charge in [-0.25, -0.2) is 8.78 Å². The van der Waals surface area contributed by atoms with E-state index in [-0.39, 0.29) is 11.4 Å². The number of benzene rings is 2. The van der Waals surface area contributed by atoms with Crippen molar-refractivity contribution in [1.82, 2.24) is 10.2 Å². The van der Waals surface area contributed by atoms with Gasteiger partial charge in [-0.3, -0.25) is 4.79 Å². The average molecular weight is 370 g/mol. The van der Waals surface area contributed by atoms with Crippen molar-refractivity contribution in [2.45, 2.75) is 6.92 Å². The molecule has 0 fully saturated rings. The van der Waals surface area contributed by atoms with Crippen LogP contribution in [0.3, 0.4) is 0 Å². The van der Waals surface area contributed by atoms with Crippen molar-refractivity contribution in [3.63, 3.8) is 0 Å². The van der Waals surface area contributed by atoms with Gasteiger partial charge in [0.1, 0.15) is 17.4 Å². The summed E-state index contributed by atoms with van der Waals surface area (Å²) in [4.78, 5) is 12.1. The molecule has 3 aromatic rings. The average Bonchev–Trinajstić information content (AvgIpc) is 2.66. The number of halogens is 2. The Morgan fingerprint density at radius 1 is 1.04 bits per heavy atom. The highest BCUT2D eigenvalue weighted by molar-refractivity contribution is 6.02. The predicted molar refractivity (Wildman–Crippen MR) is 97.2 cm³/mol. The van der Waals surface area contributed by atoms with Crippen LogP contribution in [0.5, 0.6) is 5.75 Å². The van der Waals surface area contributed by atoms with E-state index < -0.39 is 17.5 Å². The summed E-state index contributed by atoms with van der Waals surface area (Å²) in [5, 5.41) is 13.2. The zero-order chi connectivity index (χ0) is 19.2. The summed E-state index contributed by atoms with van der Waals surface area (Å²) in [6, 6.07) is 13.2. The van der Waals surface area contributed by atoms with E-state index >= 15 is 0 Å². The molecule has 0 bridgehead atoms. The van der Waals surface area contributed by atoms with Crippen LogP contribution in [0.25, 0.3) is 0 Å². The number of carbonyl (C=O) groups is 1. The molecular weight excluding hydrogens is 354 g/mol. The van der Waals surface area contributed by atoms with E-state index in [4.69, 9.17) is 4.74 Å². The van der Waals surface area contributed by atoms with Crippen LogP contribution in [0.1, 0.15) is 17.4 Å². The van der Waals surface area contributed by atoms with Crippen LogP contribution >= 0.6 is 0 Å². The maximum Gasteiger partial charge on any atom is 0.276 e. The second-order valence-corrected chi connectivity index (χ2v) is 5.44. The molecule has 3 rings (SSSR count). The van der Waals surface area contributed by atoms with Crippen LogP contribution in [0.2, 0.25) is 0 Å². The monoisotopic (exact) mass is 370 g/mol. The molecule has 2 aromatic carbocycles. The Labute approximate surface area is 154 Å². The Morgan fingerprint density at radius 2 is 1.85 bits per heavy atom. The second kappa shape index (κ2) is 8.22. The number of nitrogens with zero attached hydrogens (tertiary/aromatic N) is 2. The largest absolute Gasteiger partial charge is 0.492 e. The van der Waals surface area contributed by atoms with Crippen LogP contribution in [0.15, 0.2) is 54.6 Å². The van der Waals surface area contributed by atoms with E-state index in [0.717, 1.165) is 12.1 Å². The van der Waals surface area contributed by atoms with Crippen molar-refractivity contribution < 1.29 is 18.3 Å². The molecular formula is C19H16F2N4O2. The molecule has 0 aliphatic rings. The minimum atomic E-state index is -0.873. The summed E-state index contributed by atoms with van der Waals surface area (Å²) in [7, 11) is 0. The number of anilines is 3. The molecule has 0 saturated carbocycles. The van der Waals surface area contributed by atoms with Gasteiger partial charge in [0.25, 0.3) is 5.91 Å². The Hall–Kier alpha value is -3.55. The first kappa shape index (κ1) is 18.2. The maximum absolute atomic E-state index is 13.6. The smallest absolute Gasteiger partial charge is 0.276 e. The van der Waals surface area contributed by atoms with Gasteiger partial charge in [-0.2, -0.15) is 0 Å². The lowest BCUT2D eigenvalue weighted by Crippen LogP contribution is -2.15. The summed E-state index contributed by atoms with van der Waals surface area (Å²) >= 11 is 0. The van der Waals surface area contributed by atoms with Gasteiger partial charge in [0.15, 0.2) is 11.5 Å². The molecule has 0 unspecified atom stereocenters. The van der Waals surface area contributed by atoms with Gasteiger partial charge in [0.2, 0.25) is 0 Å². The molecule has 138 valence electrons. The maximum atomic E-state index is 13.6. The fourth-order valence-corrected chi connectivity index (χ4v) is 2.29. The minimum Gasteiger partial charge on any atom is -0.492 e. The Morgan fingerprint density at radius 3 is 2.56 bits per heavy atom. The van der Waals surface area contributed by atoms with Crippen molar-refractivity contribution in [3.8, 4) is 5.75 Å². The van der Waals surface area contributed by atoms with Gasteiger partial charge in [-0.1, -0.05) is 12.1 Å². The molecule has 27 heavy (non-hydrogen) atoms. The molecule has 6 nitrogen and oxygen atoms in total. The van der Waals surface area contributed by atoms with E-state index in [2.05, 4.69) is 20.8 Å². The molecule has 0 spiro atoms. The molecule has 8 heteroatoms. The van der Waals surface area contributed by atoms with Crippen molar-refractivity contribution in [2.75, 3.05) is 17.2 Å². The number of para-hydroxylation sites is 2. The molecule has 1 heterocycles. The van der Waals surface area contributed by atoms with Crippen LogP contribution in [-0.2, 0) is 0 Å². The fourth-order valence-electron chi connectivity index (χ4n) is 2.29. The highest BCUT2D eigenvalue weighted by atomic mass is 19.1. The minimum absolute atomic E-state index is 0.0117. The van der Waals surface area contributed by atoms with Gasteiger partial charge >= 0.3 is 0 Å². The fraction of sp³-hybridized carbons (Fsp3) is 0.105. The zero-order valence-corrected chi connectivity index (χ0v) is 14.4. The van der Waals surface area contributed by atoms with Crippen molar-refractivity contribution in [3.05, 3.63) is 71.9 Å². The van der Waals surface area contributed by atoms with E-state index in [0.29, 0.717) is 29.9 Å². The second-order valence-electron chi connectivity index (χ2n) is 5.44. The first-order chi connectivity index (χ1) is 13.1. The molecule has 2 N–H and O–H groups in total. The van der Waals surface area contributed by atoms with Gasteiger partial charge in [0.05, 0.1) is 18.0 Å². The van der Waals surface area contributed by atoms with Crippen molar-refractivity contribution in [1.29, 1.82) is 0 Å². The summed E-state index contributed by atoms with van der Waals surface area (Å²) in [6.07, 6.45) is 0. The van der Waals surface area contributed by atoms with Gasteiger partial charge in [-0.05, 0) is 43.3 Å². The third kappa shape index (κ3) is 4.55. The third-order valence-electron chi connectivity index (χ3n) is 3.53. The highest BCUT2D eigenvalue weighted by Gasteiger charge is 2.12. The number of rotatable bonds is 6. The molecule has 1 aromatic heterocycles. The van der Waals surface area contributed by atoms with E-state index in [9.17, 15) is 13.6 Å². The van der Waals surface area contributed by atoms with Gasteiger partial charge in [0, 0.05) is 6.07 Å². The van der Waals surface area contributed by atoms with Crippen molar-refractivity contribution >= 4 is 23.1 Å². The Bertz CT molecular complexity index is 949. The molecule has 1 amide bonds. The Kier molecular flexibility index (Phi) is 5.55. The molecule has 0 atom stereocenters. The number of carbonyl (C=O) groups excluding carboxylic acids is 1. The first-order valence-corrected chi connectivity index (χ1v) is 8.16. The normalized spacial score (nSPS) is 10.3. The van der Waals surface area contributed by atoms with E-state index in [1.165, 1.54) is 6.07 Å². The topological polar surface area (TPSA) is 76.1 Å². The quantitative estimate of drug-likeness (QED) is 0.682. The third-order valence-corrected chi connectivity index (χ3v) is 3.53. The number of amides is 1. The summed E-state index contributed by atoms with van der Waals surface area (Å²) in [6.45, 7) is 2.40. The lowest BCUT2D eigenvalue weighted by Gasteiger charge is -2.11. The van der Waals surface area contributed by atoms with Crippen molar-refractivity contribution in [2.24, 2.45) is 0 Å². The number of nitrogens with one attached hydrogen (secondary N) is 2.